The smallest absolute Gasteiger partial charge is 0.250 e. The SMILES string of the molecule is C=C1COC2(C=CCC=C2)O1. The Morgan fingerprint density at radius 3 is 2.64 bits per heavy atom. The lowest BCUT2D eigenvalue weighted by molar-refractivity contribution is -0.0656. The summed E-state index contributed by atoms with van der Waals surface area (Å²) in [6.45, 7) is 4.18. The van der Waals surface area contributed by atoms with Crippen LogP contribution in [0.5, 0.6) is 0 Å². The Kier molecular flexibility index (Phi) is 1.36. The van der Waals surface area contributed by atoms with E-state index >= 15 is 0 Å². The maximum Gasteiger partial charge on any atom is 0.250 e. The van der Waals surface area contributed by atoms with Gasteiger partial charge in [0.15, 0.2) is 0 Å². The molecule has 2 nitrogen and oxygen atoms in total. The molecule has 1 aliphatic heterocycles. The second kappa shape index (κ2) is 2.24. The Hall–Kier alpha value is -1.02. The van der Waals surface area contributed by atoms with Gasteiger partial charge in [0, 0.05) is 0 Å². The normalized spacial score (nSPS) is 26.0. The van der Waals surface area contributed by atoms with E-state index in [2.05, 4.69) is 6.58 Å². The van der Waals surface area contributed by atoms with E-state index in [1.54, 1.807) is 0 Å². The molecule has 0 aromatic heterocycles. The lowest BCUT2D eigenvalue weighted by Crippen LogP contribution is -2.24. The van der Waals surface area contributed by atoms with E-state index < -0.39 is 5.79 Å². The lowest BCUT2D eigenvalue weighted by Gasteiger charge is -2.21. The first kappa shape index (κ1) is 6.68. The number of ether oxygens (including phenoxy) is 2. The summed E-state index contributed by atoms with van der Waals surface area (Å²) in [7, 11) is 0. The van der Waals surface area contributed by atoms with Gasteiger partial charge in [-0.15, -0.1) is 0 Å². The van der Waals surface area contributed by atoms with Crippen LogP contribution in [0, 0.1) is 0 Å². The van der Waals surface area contributed by atoms with Crippen molar-refractivity contribution in [2.24, 2.45) is 0 Å². The van der Waals surface area contributed by atoms with Crippen LogP contribution >= 0.6 is 0 Å². The first-order valence-corrected chi connectivity index (χ1v) is 3.67. The molecule has 0 amide bonds. The van der Waals surface area contributed by atoms with E-state index in [1.807, 2.05) is 24.3 Å². The molecule has 0 N–H and O–H groups in total. The molecule has 0 atom stereocenters. The fraction of sp³-hybridized carbons (Fsp3) is 0.333. The van der Waals surface area contributed by atoms with E-state index in [0.29, 0.717) is 12.4 Å². The first-order valence-electron chi connectivity index (χ1n) is 3.67. The van der Waals surface area contributed by atoms with Gasteiger partial charge in [-0.05, 0) is 18.6 Å². The molecule has 0 bridgehead atoms. The Morgan fingerprint density at radius 1 is 1.36 bits per heavy atom. The van der Waals surface area contributed by atoms with Crippen molar-refractivity contribution in [3.63, 3.8) is 0 Å². The van der Waals surface area contributed by atoms with Gasteiger partial charge in [-0.3, -0.25) is 0 Å². The summed E-state index contributed by atoms with van der Waals surface area (Å²) in [5.41, 5.74) is 0. The lowest BCUT2D eigenvalue weighted by atomic mass is 10.1. The summed E-state index contributed by atoms with van der Waals surface area (Å²) in [6.07, 6.45) is 8.86. The number of allylic oxidation sites excluding steroid dienone is 2. The Morgan fingerprint density at radius 2 is 2.09 bits per heavy atom. The van der Waals surface area contributed by atoms with E-state index in [0.717, 1.165) is 6.42 Å². The quantitative estimate of drug-likeness (QED) is 0.490. The fourth-order valence-electron chi connectivity index (χ4n) is 1.24. The van der Waals surface area contributed by atoms with Gasteiger partial charge in [0.05, 0.1) is 0 Å². The van der Waals surface area contributed by atoms with Gasteiger partial charge in [0.25, 0.3) is 0 Å². The summed E-state index contributed by atoms with van der Waals surface area (Å²) in [5, 5.41) is 0. The molecule has 0 aromatic carbocycles. The molecular weight excluding hydrogens is 140 g/mol. The molecule has 2 heteroatoms. The van der Waals surface area contributed by atoms with Crippen LogP contribution < -0.4 is 0 Å². The summed E-state index contributed by atoms with van der Waals surface area (Å²) in [4.78, 5) is 0. The van der Waals surface area contributed by atoms with Crippen LogP contribution in [0.3, 0.4) is 0 Å². The van der Waals surface area contributed by atoms with Crippen LogP contribution in [0.4, 0.5) is 0 Å². The summed E-state index contributed by atoms with van der Waals surface area (Å²) < 4.78 is 10.8. The van der Waals surface area contributed by atoms with Gasteiger partial charge < -0.3 is 9.47 Å². The average molecular weight is 150 g/mol. The van der Waals surface area contributed by atoms with Gasteiger partial charge in [0.2, 0.25) is 5.79 Å². The number of rotatable bonds is 0. The predicted molar refractivity (Wildman–Crippen MR) is 41.8 cm³/mol. The van der Waals surface area contributed by atoms with Crippen molar-refractivity contribution >= 4 is 0 Å². The maximum absolute atomic E-state index is 5.40. The van der Waals surface area contributed by atoms with Crippen molar-refractivity contribution in [1.82, 2.24) is 0 Å². The molecular formula is C9H10O2. The molecule has 1 spiro atoms. The number of hydrogen-bond donors (Lipinski definition) is 0. The monoisotopic (exact) mass is 150 g/mol. The average Bonchev–Trinajstić information content (AvgIpc) is 2.34. The van der Waals surface area contributed by atoms with Gasteiger partial charge in [-0.2, -0.15) is 0 Å². The molecule has 0 saturated carbocycles. The van der Waals surface area contributed by atoms with Crippen LogP contribution in [0.1, 0.15) is 6.42 Å². The van der Waals surface area contributed by atoms with Crippen LogP contribution in [-0.4, -0.2) is 12.4 Å². The molecule has 0 radical (unpaired) electrons. The highest BCUT2D eigenvalue weighted by molar-refractivity contribution is 5.19. The van der Waals surface area contributed by atoms with Crippen LogP contribution in [0.2, 0.25) is 0 Å². The second-order valence-electron chi connectivity index (χ2n) is 2.69. The van der Waals surface area contributed by atoms with Crippen LogP contribution in [-0.2, 0) is 9.47 Å². The van der Waals surface area contributed by atoms with E-state index in [1.165, 1.54) is 0 Å². The van der Waals surface area contributed by atoms with Crippen LogP contribution in [0.25, 0.3) is 0 Å². The van der Waals surface area contributed by atoms with Gasteiger partial charge >= 0.3 is 0 Å². The minimum atomic E-state index is -0.616. The molecule has 1 heterocycles. The zero-order valence-corrected chi connectivity index (χ0v) is 6.25. The molecule has 0 aromatic rings. The molecule has 1 saturated heterocycles. The van der Waals surface area contributed by atoms with E-state index in [9.17, 15) is 0 Å². The molecule has 11 heavy (non-hydrogen) atoms. The molecule has 58 valence electrons. The van der Waals surface area contributed by atoms with Crippen molar-refractivity contribution in [3.05, 3.63) is 36.6 Å². The summed E-state index contributed by atoms with van der Waals surface area (Å²) >= 11 is 0. The van der Waals surface area contributed by atoms with Crippen molar-refractivity contribution < 1.29 is 9.47 Å². The molecule has 1 aliphatic carbocycles. The van der Waals surface area contributed by atoms with E-state index in [-0.39, 0.29) is 0 Å². The summed E-state index contributed by atoms with van der Waals surface area (Å²) in [5.74, 6) is 0.0798. The topological polar surface area (TPSA) is 18.5 Å². The molecule has 2 rings (SSSR count). The highest BCUT2D eigenvalue weighted by Gasteiger charge is 2.34. The Labute approximate surface area is 65.8 Å². The summed E-state index contributed by atoms with van der Waals surface area (Å²) in [6, 6.07) is 0. The standard InChI is InChI=1S/C9H10O2/c1-8-7-10-9(11-8)5-3-2-4-6-9/h3-6H,1-2,7H2. The highest BCUT2D eigenvalue weighted by atomic mass is 16.7. The number of hydrogen-bond acceptors (Lipinski definition) is 2. The van der Waals surface area contributed by atoms with Crippen LogP contribution in [0.15, 0.2) is 36.6 Å². The third-order valence-corrected chi connectivity index (χ3v) is 1.74. The first-order chi connectivity index (χ1) is 5.31. The van der Waals surface area contributed by atoms with Crippen molar-refractivity contribution in [1.29, 1.82) is 0 Å². The third kappa shape index (κ3) is 1.10. The van der Waals surface area contributed by atoms with Gasteiger partial charge in [-0.25, -0.2) is 0 Å². The molecule has 2 aliphatic rings. The van der Waals surface area contributed by atoms with E-state index in [4.69, 9.17) is 9.47 Å². The Balaban J connectivity index is 2.22. The molecule has 0 unspecified atom stereocenters. The fourth-order valence-corrected chi connectivity index (χ4v) is 1.24. The van der Waals surface area contributed by atoms with Gasteiger partial charge in [-0.1, -0.05) is 18.7 Å². The highest BCUT2D eigenvalue weighted by Crippen LogP contribution is 2.30. The predicted octanol–water partition coefficient (Wildman–Crippen LogP) is 1.76. The van der Waals surface area contributed by atoms with Crippen molar-refractivity contribution in [2.75, 3.05) is 6.61 Å². The molecule has 1 fully saturated rings. The third-order valence-electron chi connectivity index (χ3n) is 1.74. The van der Waals surface area contributed by atoms with Crippen molar-refractivity contribution in [3.8, 4) is 0 Å². The van der Waals surface area contributed by atoms with Crippen molar-refractivity contribution in [2.45, 2.75) is 12.2 Å². The minimum Gasteiger partial charge on any atom is -0.457 e. The van der Waals surface area contributed by atoms with Gasteiger partial charge in [0.1, 0.15) is 12.4 Å². The largest absolute Gasteiger partial charge is 0.457 e. The zero-order chi connectivity index (χ0) is 7.73. The second-order valence-corrected chi connectivity index (χ2v) is 2.69. The maximum atomic E-state index is 5.40. The zero-order valence-electron chi connectivity index (χ0n) is 6.25. The minimum absolute atomic E-state index is 0.495. The Bertz CT molecular complexity index is 226.